The van der Waals surface area contributed by atoms with Gasteiger partial charge in [0.2, 0.25) is 0 Å². The second kappa shape index (κ2) is 5.72. The molecule has 102 valence electrons. The van der Waals surface area contributed by atoms with E-state index in [2.05, 4.69) is 6.07 Å². The molecule has 0 bridgehead atoms. The van der Waals surface area contributed by atoms with E-state index in [1.807, 2.05) is 13.8 Å². The number of hydrogen-bond acceptors (Lipinski definition) is 3. The van der Waals surface area contributed by atoms with E-state index in [9.17, 15) is 4.39 Å². The van der Waals surface area contributed by atoms with Crippen LogP contribution in [0.15, 0.2) is 30.3 Å². The second-order valence-corrected chi connectivity index (χ2v) is 4.58. The number of benzene rings is 2. The average Bonchev–Trinajstić information content (AvgIpc) is 2.43. The summed E-state index contributed by atoms with van der Waals surface area (Å²) < 4.78 is 19.4. The van der Waals surface area contributed by atoms with Crippen molar-refractivity contribution in [2.24, 2.45) is 0 Å². The molecule has 0 saturated heterocycles. The molecule has 0 aliphatic heterocycles. The van der Waals surface area contributed by atoms with Crippen molar-refractivity contribution in [2.75, 3.05) is 0 Å². The van der Waals surface area contributed by atoms with E-state index in [1.165, 1.54) is 12.1 Å². The van der Waals surface area contributed by atoms with Crippen molar-refractivity contribution in [1.82, 2.24) is 0 Å². The standard InChI is InChI=1S/C16H14FNO2/c1-10-5-13(8-18)6-11(2)16(10)20-15-4-3-12(9-19)7-14(15)17/h3-7,19H,9H2,1-2H3. The normalized spacial score (nSPS) is 10.2. The summed E-state index contributed by atoms with van der Waals surface area (Å²) in [5.41, 5.74) is 2.57. The first-order valence-corrected chi connectivity index (χ1v) is 6.13. The molecule has 0 spiro atoms. The van der Waals surface area contributed by atoms with Gasteiger partial charge in [-0.1, -0.05) is 6.07 Å². The number of halogens is 1. The summed E-state index contributed by atoms with van der Waals surface area (Å²) in [5, 5.41) is 17.8. The molecule has 20 heavy (non-hydrogen) atoms. The summed E-state index contributed by atoms with van der Waals surface area (Å²) in [6, 6.07) is 9.79. The molecule has 0 saturated carbocycles. The van der Waals surface area contributed by atoms with Crippen LogP contribution in [0.1, 0.15) is 22.3 Å². The van der Waals surface area contributed by atoms with Crippen molar-refractivity contribution in [3.05, 3.63) is 58.4 Å². The number of aliphatic hydroxyl groups excluding tert-OH is 1. The molecule has 0 aliphatic rings. The molecule has 0 atom stereocenters. The molecule has 0 radical (unpaired) electrons. The van der Waals surface area contributed by atoms with Gasteiger partial charge in [-0.3, -0.25) is 0 Å². The van der Waals surface area contributed by atoms with Gasteiger partial charge < -0.3 is 9.84 Å². The van der Waals surface area contributed by atoms with Crippen LogP contribution in [0.3, 0.4) is 0 Å². The summed E-state index contributed by atoms with van der Waals surface area (Å²) >= 11 is 0. The molecule has 2 aromatic carbocycles. The van der Waals surface area contributed by atoms with Crippen molar-refractivity contribution in [1.29, 1.82) is 5.26 Å². The Morgan fingerprint density at radius 3 is 2.35 bits per heavy atom. The highest BCUT2D eigenvalue weighted by atomic mass is 19.1. The third kappa shape index (κ3) is 2.79. The van der Waals surface area contributed by atoms with E-state index in [4.69, 9.17) is 15.1 Å². The maximum Gasteiger partial charge on any atom is 0.166 e. The van der Waals surface area contributed by atoms with Gasteiger partial charge >= 0.3 is 0 Å². The Morgan fingerprint density at radius 1 is 1.20 bits per heavy atom. The van der Waals surface area contributed by atoms with Crippen LogP contribution in [0.4, 0.5) is 4.39 Å². The first-order valence-electron chi connectivity index (χ1n) is 6.13. The molecule has 0 fully saturated rings. The zero-order valence-corrected chi connectivity index (χ0v) is 11.3. The topological polar surface area (TPSA) is 53.2 Å². The quantitative estimate of drug-likeness (QED) is 0.928. The molecule has 0 heterocycles. The predicted molar refractivity (Wildman–Crippen MR) is 73.0 cm³/mol. The molecule has 4 heteroatoms. The fourth-order valence-corrected chi connectivity index (χ4v) is 2.01. The smallest absolute Gasteiger partial charge is 0.166 e. The summed E-state index contributed by atoms with van der Waals surface area (Å²) in [6.07, 6.45) is 0. The van der Waals surface area contributed by atoms with E-state index in [0.717, 1.165) is 11.1 Å². The van der Waals surface area contributed by atoms with E-state index in [0.29, 0.717) is 16.9 Å². The first kappa shape index (κ1) is 14.0. The SMILES string of the molecule is Cc1cc(C#N)cc(C)c1Oc1ccc(CO)cc1F. The highest BCUT2D eigenvalue weighted by molar-refractivity contribution is 5.49. The zero-order valence-electron chi connectivity index (χ0n) is 11.3. The van der Waals surface area contributed by atoms with Crippen molar-refractivity contribution >= 4 is 0 Å². The van der Waals surface area contributed by atoms with Crippen LogP contribution in [0.2, 0.25) is 0 Å². The molecule has 2 rings (SSSR count). The summed E-state index contributed by atoms with van der Waals surface area (Å²) in [4.78, 5) is 0. The first-order chi connectivity index (χ1) is 9.55. The molecule has 2 aromatic rings. The van der Waals surface area contributed by atoms with Gasteiger partial charge in [-0.2, -0.15) is 5.26 Å². The number of hydrogen-bond donors (Lipinski definition) is 1. The fourth-order valence-electron chi connectivity index (χ4n) is 2.01. The maximum atomic E-state index is 13.8. The molecule has 3 nitrogen and oxygen atoms in total. The summed E-state index contributed by atoms with van der Waals surface area (Å²) in [5.74, 6) is 0.109. The highest BCUT2D eigenvalue weighted by Gasteiger charge is 2.11. The van der Waals surface area contributed by atoms with E-state index >= 15 is 0 Å². The number of aliphatic hydroxyl groups is 1. The predicted octanol–water partition coefficient (Wildman–Crippen LogP) is 3.60. The van der Waals surface area contributed by atoms with E-state index in [-0.39, 0.29) is 12.4 Å². The van der Waals surface area contributed by atoms with Crippen LogP contribution in [0.25, 0.3) is 0 Å². The Bertz CT molecular complexity index is 666. The van der Waals surface area contributed by atoms with Crippen LogP contribution in [0.5, 0.6) is 11.5 Å². The minimum absolute atomic E-state index is 0.0955. The van der Waals surface area contributed by atoms with Gasteiger partial charge in [0.25, 0.3) is 0 Å². The van der Waals surface area contributed by atoms with Gasteiger partial charge in [-0.05, 0) is 54.8 Å². The molecular weight excluding hydrogens is 257 g/mol. The van der Waals surface area contributed by atoms with Crippen molar-refractivity contribution < 1.29 is 14.2 Å². The number of nitriles is 1. The Balaban J connectivity index is 2.38. The third-order valence-corrected chi connectivity index (χ3v) is 2.98. The van der Waals surface area contributed by atoms with Gasteiger partial charge in [-0.15, -0.1) is 0 Å². The van der Waals surface area contributed by atoms with Crippen LogP contribution in [-0.2, 0) is 6.61 Å². The number of aryl methyl sites for hydroxylation is 2. The van der Waals surface area contributed by atoms with Gasteiger partial charge in [0.1, 0.15) is 5.75 Å². The monoisotopic (exact) mass is 271 g/mol. The number of ether oxygens (including phenoxy) is 1. The lowest BCUT2D eigenvalue weighted by Gasteiger charge is -2.13. The molecule has 0 amide bonds. The average molecular weight is 271 g/mol. The Labute approximate surface area is 116 Å². The van der Waals surface area contributed by atoms with Crippen molar-refractivity contribution in [2.45, 2.75) is 20.5 Å². The van der Waals surface area contributed by atoms with E-state index < -0.39 is 5.82 Å². The lowest BCUT2D eigenvalue weighted by molar-refractivity contribution is 0.281. The minimum atomic E-state index is -0.528. The lowest BCUT2D eigenvalue weighted by Crippen LogP contribution is -1.95. The van der Waals surface area contributed by atoms with E-state index in [1.54, 1.807) is 18.2 Å². The molecular formula is C16H14FNO2. The minimum Gasteiger partial charge on any atom is -0.454 e. The van der Waals surface area contributed by atoms with Crippen molar-refractivity contribution in [3.8, 4) is 17.6 Å². The third-order valence-electron chi connectivity index (χ3n) is 2.98. The zero-order chi connectivity index (χ0) is 14.7. The summed E-state index contributed by atoms with van der Waals surface area (Å²) in [6.45, 7) is 3.40. The van der Waals surface area contributed by atoms with Gasteiger partial charge in [0.05, 0.1) is 18.2 Å². The van der Waals surface area contributed by atoms with Gasteiger partial charge in [0.15, 0.2) is 11.6 Å². The number of rotatable bonds is 3. The molecule has 1 N–H and O–H groups in total. The highest BCUT2D eigenvalue weighted by Crippen LogP contribution is 2.31. The molecule has 0 aromatic heterocycles. The van der Waals surface area contributed by atoms with Crippen LogP contribution in [-0.4, -0.2) is 5.11 Å². The lowest BCUT2D eigenvalue weighted by atomic mass is 10.1. The van der Waals surface area contributed by atoms with Crippen molar-refractivity contribution in [3.63, 3.8) is 0 Å². The van der Waals surface area contributed by atoms with Gasteiger partial charge in [-0.25, -0.2) is 4.39 Å². The Hall–Kier alpha value is -2.38. The van der Waals surface area contributed by atoms with Crippen LogP contribution < -0.4 is 4.74 Å². The molecule has 0 unspecified atom stereocenters. The summed E-state index contributed by atoms with van der Waals surface area (Å²) in [7, 11) is 0. The molecule has 0 aliphatic carbocycles. The van der Waals surface area contributed by atoms with Crippen LogP contribution in [0, 0.1) is 31.0 Å². The Kier molecular flexibility index (Phi) is 4.02. The van der Waals surface area contributed by atoms with Gasteiger partial charge in [0, 0.05) is 0 Å². The Morgan fingerprint density at radius 2 is 1.85 bits per heavy atom. The second-order valence-electron chi connectivity index (χ2n) is 4.58. The fraction of sp³-hybridized carbons (Fsp3) is 0.188. The van der Waals surface area contributed by atoms with Crippen LogP contribution >= 0.6 is 0 Å². The number of nitrogens with zero attached hydrogens (tertiary/aromatic N) is 1. The largest absolute Gasteiger partial charge is 0.454 e. The maximum absolute atomic E-state index is 13.8.